The van der Waals surface area contributed by atoms with E-state index in [1.54, 1.807) is 6.07 Å². The summed E-state index contributed by atoms with van der Waals surface area (Å²) in [5.74, 6) is 0.658. The van der Waals surface area contributed by atoms with Crippen molar-refractivity contribution in [3.63, 3.8) is 0 Å². The predicted octanol–water partition coefficient (Wildman–Crippen LogP) is 3.28. The SMILES string of the molecule is CCN(c1ccccc1)c1ncnc(NNC(=O)c2ccccc2C)c1N. The van der Waals surface area contributed by atoms with Gasteiger partial charge < -0.3 is 10.6 Å². The monoisotopic (exact) mass is 362 g/mol. The molecule has 138 valence electrons. The molecule has 7 heteroatoms. The summed E-state index contributed by atoms with van der Waals surface area (Å²) in [6.45, 7) is 4.58. The number of carbonyl (C=O) groups excluding carboxylic acids is 1. The largest absolute Gasteiger partial charge is 0.393 e. The molecule has 0 saturated heterocycles. The number of nitrogens with zero attached hydrogens (tertiary/aromatic N) is 3. The number of amides is 1. The average molecular weight is 362 g/mol. The first kappa shape index (κ1) is 18.2. The highest BCUT2D eigenvalue weighted by molar-refractivity contribution is 5.96. The molecule has 0 radical (unpaired) electrons. The molecule has 0 spiro atoms. The van der Waals surface area contributed by atoms with Crippen molar-refractivity contribution in [3.05, 3.63) is 72.1 Å². The molecule has 0 saturated carbocycles. The second-order valence-electron chi connectivity index (χ2n) is 5.93. The Morgan fingerprint density at radius 2 is 1.78 bits per heavy atom. The Labute approximate surface area is 158 Å². The lowest BCUT2D eigenvalue weighted by Gasteiger charge is -2.24. The number of hydrazine groups is 1. The molecule has 1 amide bonds. The third kappa shape index (κ3) is 3.98. The zero-order chi connectivity index (χ0) is 19.2. The number of nitrogen functional groups attached to an aromatic ring is 1. The quantitative estimate of drug-likeness (QED) is 0.582. The standard InChI is InChI=1S/C20H22N6O/c1-3-26(15-10-5-4-6-11-15)19-17(21)18(22-13-23-19)24-25-20(27)16-12-8-7-9-14(16)2/h4-13H,3,21H2,1-2H3,(H,25,27)(H,22,23,24). The summed E-state index contributed by atoms with van der Waals surface area (Å²) in [4.78, 5) is 22.8. The van der Waals surface area contributed by atoms with Crippen LogP contribution in [-0.4, -0.2) is 22.4 Å². The molecule has 1 aromatic heterocycles. The lowest BCUT2D eigenvalue weighted by molar-refractivity contribution is 0.0962. The summed E-state index contributed by atoms with van der Waals surface area (Å²) in [7, 11) is 0. The molecular weight excluding hydrogens is 340 g/mol. The van der Waals surface area contributed by atoms with Crippen LogP contribution in [0.1, 0.15) is 22.8 Å². The number of rotatable bonds is 6. The van der Waals surface area contributed by atoms with E-state index in [1.807, 2.05) is 67.3 Å². The van der Waals surface area contributed by atoms with E-state index in [4.69, 9.17) is 5.73 Å². The first-order chi connectivity index (χ1) is 13.1. The summed E-state index contributed by atoms with van der Waals surface area (Å²) in [5, 5.41) is 0. The Balaban J connectivity index is 1.81. The third-order valence-electron chi connectivity index (χ3n) is 4.19. The Morgan fingerprint density at radius 3 is 2.48 bits per heavy atom. The van der Waals surface area contributed by atoms with E-state index >= 15 is 0 Å². The van der Waals surface area contributed by atoms with Crippen LogP contribution >= 0.6 is 0 Å². The maximum atomic E-state index is 12.4. The topological polar surface area (TPSA) is 96.2 Å². The second-order valence-corrected chi connectivity index (χ2v) is 5.93. The lowest BCUT2D eigenvalue weighted by Crippen LogP contribution is -2.31. The van der Waals surface area contributed by atoms with E-state index < -0.39 is 0 Å². The van der Waals surface area contributed by atoms with E-state index in [0.29, 0.717) is 29.4 Å². The number of benzene rings is 2. The highest BCUT2D eigenvalue weighted by Crippen LogP contribution is 2.31. The molecular formula is C20H22N6O. The number of hydrogen-bond donors (Lipinski definition) is 3. The van der Waals surface area contributed by atoms with Crippen molar-refractivity contribution in [3.8, 4) is 0 Å². The Kier molecular flexibility index (Phi) is 5.51. The second kappa shape index (κ2) is 8.18. The molecule has 0 atom stereocenters. The molecule has 0 fully saturated rings. The van der Waals surface area contributed by atoms with Crippen LogP contribution in [0.25, 0.3) is 0 Å². The normalized spacial score (nSPS) is 10.3. The van der Waals surface area contributed by atoms with E-state index in [0.717, 1.165) is 11.3 Å². The molecule has 0 bridgehead atoms. The zero-order valence-corrected chi connectivity index (χ0v) is 15.3. The van der Waals surface area contributed by atoms with Crippen LogP contribution in [0.15, 0.2) is 60.9 Å². The smallest absolute Gasteiger partial charge is 0.269 e. The van der Waals surface area contributed by atoms with Gasteiger partial charge in [0.15, 0.2) is 11.6 Å². The Bertz CT molecular complexity index is 929. The highest BCUT2D eigenvalue weighted by Gasteiger charge is 2.16. The number of carbonyl (C=O) groups is 1. The zero-order valence-electron chi connectivity index (χ0n) is 15.3. The fraction of sp³-hybridized carbons (Fsp3) is 0.150. The summed E-state index contributed by atoms with van der Waals surface area (Å²) >= 11 is 0. The van der Waals surface area contributed by atoms with Crippen molar-refractivity contribution in [1.82, 2.24) is 15.4 Å². The van der Waals surface area contributed by atoms with Crippen LogP contribution < -0.4 is 21.5 Å². The van der Waals surface area contributed by atoms with E-state index in [2.05, 4.69) is 20.8 Å². The Morgan fingerprint density at radius 1 is 1.07 bits per heavy atom. The number of para-hydroxylation sites is 1. The maximum absolute atomic E-state index is 12.4. The highest BCUT2D eigenvalue weighted by atomic mass is 16.2. The number of nitrogens with one attached hydrogen (secondary N) is 2. The minimum absolute atomic E-state index is 0.261. The molecule has 27 heavy (non-hydrogen) atoms. The van der Waals surface area contributed by atoms with Gasteiger partial charge in [-0.2, -0.15) is 0 Å². The van der Waals surface area contributed by atoms with Gasteiger partial charge >= 0.3 is 0 Å². The first-order valence-electron chi connectivity index (χ1n) is 8.66. The first-order valence-corrected chi connectivity index (χ1v) is 8.66. The van der Waals surface area contributed by atoms with Crippen molar-refractivity contribution < 1.29 is 4.79 Å². The molecule has 0 aliphatic rings. The summed E-state index contributed by atoms with van der Waals surface area (Å²) in [6, 6.07) is 17.2. The average Bonchev–Trinajstić information content (AvgIpc) is 2.70. The van der Waals surface area contributed by atoms with Gasteiger partial charge in [0.2, 0.25) is 0 Å². The predicted molar refractivity (Wildman–Crippen MR) is 108 cm³/mol. The van der Waals surface area contributed by atoms with Crippen molar-refractivity contribution in [1.29, 1.82) is 0 Å². The van der Waals surface area contributed by atoms with Crippen LogP contribution in [0.3, 0.4) is 0 Å². The summed E-state index contributed by atoms with van der Waals surface area (Å²) in [5.41, 5.74) is 14.5. The number of anilines is 4. The molecule has 0 unspecified atom stereocenters. The Hall–Kier alpha value is -3.61. The van der Waals surface area contributed by atoms with Crippen LogP contribution in [0.5, 0.6) is 0 Å². The van der Waals surface area contributed by atoms with Gasteiger partial charge in [0.1, 0.15) is 12.0 Å². The van der Waals surface area contributed by atoms with Gasteiger partial charge in [-0.25, -0.2) is 9.97 Å². The van der Waals surface area contributed by atoms with Gasteiger partial charge in [0, 0.05) is 17.8 Å². The van der Waals surface area contributed by atoms with Gasteiger partial charge in [-0.3, -0.25) is 15.6 Å². The van der Waals surface area contributed by atoms with Crippen LogP contribution in [0.2, 0.25) is 0 Å². The molecule has 0 aliphatic carbocycles. The van der Waals surface area contributed by atoms with Gasteiger partial charge in [-0.05, 0) is 37.6 Å². The fourth-order valence-electron chi connectivity index (χ4n) is 2.77. The van der Waals surface area contributed by atoms with Gasteiger partial charge in [0.25, 0.3) is 5.91 Å². The van der Waals surface area contributed by atoms with Crippen molar-refractivity contribution >= 4 is 28.9 Å². The third-order valence-corrected chi connectivity index (χ3v) is 4.19. The van der Waals surface area contributed by atoms with Crippen LogP contribution in [0, 0.1) is 6.92 Å². The minimum atomic E-state index is -0.261. The fourth-order valence-corrected chi connectivity index (χ4v) is 2.77. The van der Waals surface area contributed by atoms with Crippen molar-refractivity contribution in [2.45, 2.75) is 13.8 Å². The van der Waals surface area contributed by atoms with Gasteiger partial charge in [-0.1, -0.05) is 36.4 Å². The molecule has 2 aromatic carbocycles. The summed E-state index contributed by atoms with van der Waals surface area (Å²) in [6.07, 6.45) is 1.42. The van der Waals surface area contributed by atoms with E-state index in [-0.39, 0.29) is 5.91 Å². The maximum Gasteiger partial charge on any atom is 0.269 e. The number of nitrogens with two attached hydrogens (primary N) is 1. The van der Waals surface area contributed by atoms with Gasteiger partial charge in [0.05, 0.1) is 0 Å². The lowest BCUT2D eigenvalue weighted by atomic mass is 10.1. The van der Waals surface area contributed by atoms with Crippen molar-refractivity contribution in [2.75, 3.05) is 22.6 Å². The van der Waals surface area contributed by atoms with Crippen molar-refractivity contribution in [2.24, 2.45) is 0 Å². The number of aryl methyl sites for hydroxylation is 1. The van der Waals surface area contributed by atoms with E-state index in [1.165, 1.54) is 6.33 Å². The molecule has 7 nitrogen and oxygen atoms in total. The van der Waals surface area contributed by atoms with E-state index in [9.17, 15) is 4.79 Å². The molecule has 4 N–H and O–H groups in total. The molecule has 3 aromatic rings. The van der Waals surface area contributed by atoms with Crippen LogP contribution in [-0.2, 0) is 0 Å². The van der Waals surface area contributed by atoms with Gasteiger partial charge in [-0.15, -0.1) is 0 Å². The molecule has 1 heterocycles. The molecule has 3 rings (SSSR count). The number of aromatic nitrogens is 2. The van der Waals surface area contributed by atoms with Crippen LogP contribution in [0.4, 0.5) is 23.0 Å². The summed E-state index contributed by atoms with van der Waals surface area (Å²) < 4.78 is 0. The number of hydrogen-bond acceptors (Lipinski definition) is 6. The molecule has 0 aliphatic heterocycles. The minimum Gasteiger partial charge on any atom is -0.393 e.